The van der Waals surface area contributed by atoms with E-state index in [9.17, 15) is 8.42 Å². The average Bonchev–Trinajstić information content (AvgIpc) is 2.44. The van der Waals surface area contributed by atoms with E-state index in [-0.39, 0.29) is 23.8 Å². The highest BCUT2D eigenvalue weighted by Crippen LogP contribution is 2.32. The highest BCUT2D eigenvalue weighted by atomic mass is 35.5. The molecular formula is C14H21ClN4O3S. The third-order valence-corrected chi connectivity index (χ3v) is 5.02. The zero-order chi connectivity index (χ0) is 15.8. The van der Waals surface area contributed by atoms with Crippen LogP contribution in [0.25, 0.3) is 0 Å². The fourth-order valence-corrected chi connectivity index (χ4v) is 3.80. The molecule has 0 atom stereocenters. The van der Waals surface area contributed by atoms with Crippen molar-refractivity contribution in [1.82, 2.24) is 0 Å². The maximum absolute atomic E-state index is 11.6. The van der Waals surface area contributed by atoms with E-state index in [1.165, 1.54) is 6.42 Å². The maximum atomic E-state index is 11.6. The lowest BCUT2D eigenvalue weighted by molar-refractivity contribution is 0.173. The zero-order valence-corrected chi connectivity index (χ0v) is 14.3. The number of fused-ring (bicyclic) bond motifs is 1. The van der Waals surface area contributed by atoms with Crippen LogP contribution in [0.1, 0.15) is 37.7 Å². The van der Waals surface area contributed by atoms with E-state index in [4.69, 9.17) is 16.2 Å². The van der Waals surface area contributed by atoms with Gasteiger partial charge in [0, 0.05) is 0 Å². The number of nitrogens with one attached hydrogen (secondary N) is 1. The van der Waals surface area contributed by atoms with Gasteiger partial charge in [0.2, 0.25) is 0 Å². The Morgan fingerprint density at radius 2 is 1.96 bits per heavy atom. The lowest BCUT2D eigenvalue weighted by atomic mass is 9.83. The molecule has 3 rings (SSSR count). The van der Waals surface area contributed by atoms with E-state index in [0.29, 0.717) is 23.6 Å². The molecule has 1 aliphatic carbocycles. The molecule has 1 aromatic rings. The highest BCUT2D eigenvalue weighted by Gasteiger charge is 2.30. The minimum atomic E-state index is -3.78. The third-order valence-electron chi connectivity index (χ3n) is 4.10. The third kappa shape index (κ3) is 3.88. The minimum absolute atomic E-state index is 0. The topological polar surface area (TPSA) is 120 Å². The summed E-state index contributed by atoms with van der Waals surface area (Å²) in [4.78, 5) is 0. The number of halogens is 1. The second kappa shape index (κ2) is 6.54. The van der Waals surface area contributed by atoms with Crippen LogP contribution in [0.3, 0.4) is 0 Å². The van der Waals surface area contributed by atoms with Crippen molar-refractivity contribution in [2.24, 2.45) is 15.9 Å². The van der Waals surface area contributed by atoms with Gasteiger partial charge in [-0.2, -0.15) is 8.42 Å². The first-order chi connectivity index (χ1) is 10.4. The molecule has 1 saturated carbocycles. The number of nitrogens with zero attached hydrogens (tertiary/aromatic N) is 1. The number of hydrogen-bond acceptors (Lipinski definition) is 5. The molecule has 0 unspecified atom stereocenters. The first-order valence-corrected chi connectivity index (χ1v) is 8.76. The minimum Gasteiger partial charge on any atom is -0.491 e. The number of benzene rings is 1. The molecule has 1 aromatic carbocycles. The SMILES string of the molecule is Cl.NC1=NS(=O)(=O)Nc2cccc(OCC3(N)CCCCC3)c21. The fraction of sp³-hybridized carbons (Fsp3) is 0.500. The Kier molecular flexibility index (Phi) is 5.07. The van der Waals surface area contributed by atoms with Crippen LogP contribution in [0.2, 0.25) is 0 Å². The van der Waals surface area contributed by atoms with Crippen LogP contribution < -0.4 is 20.9 Å². The van der Waals surface area contributed by atoms with Crippen molar-refractivity contribution >= 4 is 34.1 Å². The van der Waals surface area contributed by atoms with Gasteiger partial charge < -0.3 is 16.2 Å². The van der Waals surface area contributed by atoms with Crippen LogP contribution >= 0.6 is 12.4 Å². The summed E-state index contributed by atoms with van der Waals surface area (Å²) < 4.78 is 34.8. The van der Waals surface area contributed by atoms with Crippen molar-refractivity contribution in [3.63, 3.8) is 0 Å². The highest BCUT2D eigenvalue weighted by molar-refractivity contribution is 7.91. The first-order valence-electron chi connectivity index (χ1n) is 7.32. The summed E-state index contributed by atoms with van der Waals surface area (Å²) in [6.07, 6.45) is 5.28. The van der Waals surface area contributed by atoms with Gasteiger partial charge in [0.25, 0.3) is 0 Å². The summed E-state index contributed by atoms with van der Waals surface area (Å²) in [5.41, 5.74) is 12.7. The van der Waals surface area contributed by atoms with E-state index in [1.807, 2.05) is 0 Å². The van der Waals surface area contributed by atoms with Crippen molar-refractivity contribution < 1.29 is 13.2 Å². The first kappa shape index (κ1) is 17.8. The Hall–Kier alpha value is -1.51. The summed E-state index contributed by atoms with van der Waals surface area (Å²) in [7, 11) is -3.78. The number of amidine groups is 1. The van der Waals surface area contributed by atoms with E-state index < -0.39 is 10.2 Å². The van der Waals surface area contributed by atoms with Crippen LogP contribution in [0.15, 0.2) is 22.6 Å². The summed E-state index contributed by atoms with van der Waals surface area (Å²) >= 11 is 0. The Labute approximate surface area is 142 Å². The molecule has 0 amide bonds. The number of ether oxygens (including phenoxy) is 1. The van der Waals surface area contributed by atoms with Crippen molar-refractivity contribution in [2.45, 2.75) is 37.6 Å². The van der Waals surface area contributed by atoms with Crippen LogP contribution in [0, 0.1) is 0 Å². The summed E-state index contributed by atoms with van der Waals surface area (Å²) in [5, 5.41) is 0. The van der Waals surface area contributed by atoms with Crippen LogP contribution in [0.5, 0.6) is 5.75 Å². The molecule has 5 N–H and O–H groups in total. The molecule has 2 aliphatic rings. The predicted octanol–water partition coefficient (Wildman–Crippen LogP) is 1.52. The van der Waals surface area contributed by atoms with Gasteiger partial charge in [0.05, 0.1) is 16.8 Å². The van der Waals surface area contributed by atoms with Gasteiger partial charge in [-0.15, -0.1) is 16.8 Å². The second-order valence-electron chi connectivity index (χ2n) is 5.94. The summed E-state index contributed by atoms with van der Waals surface area (Å²) in [6.45, 7) is 0.378. The quantitative estimate of drug-likeness (QED) is 0.754. The average molecular weight is 361 g/mol. The maximum Gasteiger partial charge on any atom is 0.344 e. The second-order valence-corrected chi connectivity index (χ2v) is 7.28. The van der Waals surface area contributed by atoms with Gasteiger partial charge in [0.1, 0.15) is 12.4 Å². The Balaban J connectivity index is 0.00000192. The van der Waals surface area contributed by atoms with Gasteiger partial charge >= 0.3 is 10.2 Å². The Morgan fingerprint density at radius 1 is 1.26 bits per heavy atom. The van der Waals surface area contributed by atoms with E-state index in [2.05, 4.69) is 9.12 Å². The van der Waals surface area contributed by atoms with Crippen LogP contribution in [0.4, 0.5) is 5.69 Å². The molecule has 1 heterocycles. The van der Waals surface area contributed by atoms with Gasteiger partial charge in [-0.25, -0.2) is 0 Å². The monoisotopic (exact) mass is 360 g/mol. The van der Waals surface area contributed by atoms with Crippen molar-refractivity contribution in [3.05, 3.63) is 23.8 Å². The largest absolute Gasteiger partial charge is 0.491 e. The molecular weight excluding hydrogens is 340 g/mol. The van der Waals surface area contributed by atoms with Gasteiger partial charge in [0.15, 0.2) is 5.84 Å². The lowest BCUT2D eigenvalue weighted by Gasteiger charge is -2.33. The molecule has 23 heavy (non-hydrogen) atoms. The zero-order valence-electron chi connectivity index (χ0n) is 12.6. The van der Waals surface area contributed by atoms with Gasteiger partial charge in [-0.05, 0) is 25.0 Å². The number of anilines is 1. The van der Waals surface area contributed by atoms with Gasteiger partial charge in [-0.1, -0.05) is 25.3 Å². The number of nitrogens with two attached hydrogens (primary N) is 2. The molecule has 128 valence electrons. The van der Waals surface area contributed by atoms with Crippen molar-refractivity contribution in [2.75, 3.05) is 11.3 Å². The standard InChI is InChI=1S/C14H20N4O3S.ClH/c15-13-12-10(17-22(19,20)18-13)5-4-6-11(12)21-9-14(16)7-2-1-3-8-14;/h4-6,17H,1-3,7-9,16H2,(H2,15,18);1H. The van der Waals surface area contributed by atoms with Gasteiger partial charge in [-0.3, -0.25) is 4.72 Å². The van der Waals surface area contributed by atoms with Crippen LogP contribution in [-0.4, -0.2) is 26.4 Å². The molecule has 0 saturated heterocycles. The molecule has 0 spiro atoms. The molecule has 0 bridgehead atoms. The van der Waals surface area contributed by atoms with Crippen LogP contribution in [-0.2, 0) is 10.2 Å². The molecule has 1 aliphatic heterocycles. The molecule has 9 heteroatoms. The predicted molar refractivity (Wildman–Crippen MR) is 92.5 cm³/mol. The molecule has 0 aromatic heterocycles. The normalized spacial score (nSPS) is 21.2. The smallest absolute Gasteiger partial charge is 0.344 e. The Bertz CT molecular complexity index is 715. The lowest BCUT2D eigenvalue weighted by Crippen LogP contribution is -2.47. The summed E-state index contributed by atoms with van der Waals surface area (Å²) in [5.74, 6) is 0.426. The molecule has 1 fully saturated rings. The summed E-state index contributed by atoms with van der Waals surface area (Å²) in [6, 6.07) is 5.08. The van der Waals surface area contributed by atoms with Crippen molar-refractivity contribution in [3.8, 4) is 5.75 Å². The molecule has 0 radical (unpaired) electrons. The van der Waals surface area contributed by atoms with Crippen molar-refractivity contribution in [1.29, 1.82) is 0 Å². The Morgan fingerprint density at radius 3 is 2.65 bits per heavy atom. The fourth-order valence-electron chi connectivity index (χ4n) is 2.96. The van der Waals surface area contributed by atoms with E-state index in [0.717, 1.165) is 25.7 Å². The number of rotatable bonds is 3. The number of hydrogen-bond donors (Lipinski definition) is 3. The van der Waals surface area contributed by atoms with E-state index >= 15 is 0 Å². The van der Waals surface area contributed by atoms with E-state index in [1.54, 1.807) is 18.2 Å². The molecule has 7 nitrogen and oxygen atoms in total.